The van der Waals surface area contributed by atoms with Gasteiger partial charge >= 0.3 is 0 Å². The molecule has 2 rings (SSSR count). The normalized spacial score (nSPS) is 19.0. The largest absolute Gasteiger partial charge is 0.347 e. The fourth-order valence-electron chi connectivity index (χ4n) is 2.59. The molecule has 0 spiro atoms. The summed E-state index contributed by atoms with van der Waals surface area (Å²) < 4.78 is 0. The van der Waals surface area contributed by atoms with Crippen molar-refractivity contribution in [3.8, 4) is 0 Å². The summed E-state index contributed by atoms with van der Waals surface area (Å²) in [5, 5.41) is 0. The van der Waals surface area contributed by atoms with Gasteiger partial charge in [-0.3, -0.25) is 4.79 Å². The van der Waals surface area contributed by atoms with Crippen LogP contribution in [0, 0.1) is 5.92 Å². The highest BCUT2D eigenvalue weighted by Crippen LogP contribution is 2.20. The number of carbonyl (C=O) groups excluding carboxylic acids is 1. The van der Waals surface area contributed by atoms with E-state index in [4.69, 9.17) is 0 Å². The van der Waals surface area contributed by atoms with Gasteiger partial charge in [-0.1, -0.05) is 20.8 Å². The number of nitrogens with zero attached hydrogens (tertiary/aromatic N) is 4. The lowest BCUT2D eigenvalue weighted by atomic mass is 10.00. The van der Waals surface area contributed by atoms with Crippen LogP contribution in [-0.2, 0) is 0 Å². The van der Waals surface area contributed by atoms with Crippen molar-refractivity contribution in [2.45, 2.75) is 39.5 Å². The van der Waals surface area contributed by atoms with Gasteiger partial charge in [-0.05, 0) is 30.7 Å². The van der Waals surface area contributed by atoms with Gasteiger partial charge in [0.2, 0.25) is 5.95 Å². The second kappa shape index (κ2) is 6.41. The smallest absolute Gasteiger partial charge is 0.272 e. The maximum absolute atomic E-state index is 12.7. The lowest BCUT2D eigenvalue weighted by molar-refractivity contribution is 0.0677. The predicted molar refractivity (Wildman–Crippen MR) is 84.7 cm³/mol. The molecular weight excluding hydrogens is 264 g/mol. The zero-order valence-electron chi connectivity index (χ0n) is 13.8. The topological polar surface area (TPSA) is 49.3 Å². The van der Waals surface area contributed by atoms with E-state index in [2.05, 4.69) is 30.7 Å². The van der Waals surface area contributed by atoms with Crippen LogP contribution in [0.5, 0.6) is 0 Å². The minimum atomic E-state index is 0.0361. The quantitative estimate of drug-likeness (QED) is 0.858. The number of carbonyl (C=O) groups is 1. The number of piperidine rings is 1. The molecule has 5 nitrogen and oxygen atoms in total. The molecule has 1 aromatic heterocycles. The molecule has 0 saturated carbocycles. The van der Waals surface area contributed by atoms with Crippen LogP contribution in [0.4, 0.5) is 5.95 Å². The van der Waals surface area contributed by atoms with Gasteiger partial charge in [0.25, 0.3) is 5.91 Å². The van der Waals surface area contributed by atoms with Crippen molar-refractivity contribution in [3.05, 3.63) is 17.5 Å². The standard InChI is InChI=1S/C16H26N4O/c1-11(2)13-9-14(18-16(17-13)19(4)5)15(21)20-8-6-7-12(3)10-20/h9,11-12H,6-8,10H2,1-5H3/t12-/m1/s1. The first-order chi connectivity index (χ1) is 9.88. The van der Waals surface area contributed by atoms with E-state index in [-0.39, 0.29) is 11.8 Å². The van der Waals surface area contributed by atoms with Gasteiger partial charge in [0.05, 0.1) is 0 Å². The Labute approximate surface area is 127 Å². The second-order valence-corrected chi connectivity index (χ2v) is 6.53. The molecule has 0 unspecified atom stereocenters. The SMILES string of the molecule is CC(C)c1cc(C(=O)N2CCC[C@@H](C)C2)nc(N(C)C)n1. The number of hydrogen-bond donors (Lipinski definition) is 0. The number of amides is 1. The Bertz CT molecular complexity index is 487. The molecule has 5 heteroatoms. The van der Waals surface area contributed by atoms with Gasteiger partial charge in [0, 0.05) is 32.9 Å². The van der Waals surface area contributed by atoms with Crippen LogP contribution < -0.4 is 4.90 Å². The van der Waals surface area contributed by atoms with Gasteiger partial charge in [-0.2, -0.15) is 0 Å². The molecule has 0 N–H and O–H groups in total. The van der Waals surface area contributed by atoms with Crippen molar-refractivity contribution in [3.63, 3.8) is 0 Å². The fraction of sp³-hybridized carbons (Fsp3) is 0.688. The molecule has 1 amide bonds. The average Bonchev–Trinajstić information content (AvgIpc) is 2.45. The zero-order valence-corrected chi connectivity index (χ0v) is 13.8. The lowest BCUT2D eigenvalue weighted by Gasteiger charge is -2.31. The molecule has 0 aromatic carbocycles. The molecule has 2 heterocycles. The number of aromatic nitrogens is 2. The molecule has 21 heavy (non-hydrogen) atoms. The van der Waals surface area contributed by atoms with Crippen molar-refractivity contribution in [1.82, 2.24) is 14.9 Å². The third-order valence-electron chi connectivity index (χ3n) is 3.89. The maximum atomic E-state index is 12.7. The van der Waals surface area contributed by atoms with Crippen LogP contribution in [0.15, 0.2) is 6.07 Å². The first-order valence-electron chi connectivity index (χ1n) is 7.74. The van der Waals surface area contributed by atoms with Crippen LogP contribution in [0.1, 0.15) is 55.7 Å². The second-order valence-electron chi connectivity index (χ2n) is 6.53. The molecule has 0 radical (unpaired) electrons. The Kier molecular flexibility index (Phi) is 4.80. The molecule has 116 valence electrons. The summed E-state index contributed by atoms with van der Waals surface area (Å²) in [5.41, 5.74) is 1.44. The highest BCUT2D eigenvalue weighted by atomic mass is 16.2. The van der Waals surface area contributed by atoms with E-state index in [9.17, 15) is 4.79 Å². The number of hydrogen-bond acceptors (Lipinski definition) is 4. The minimum absolute atomic E-state index is 0.0361. The van der Waals surface area contributed by atoms with Gasteiger partial charge in [0.1, 0.15) is 5.69 Å². The summed E-state index contributed by atoms with van der Waals surface area (Å²) in [6, 6.07) is 1.85. The minimum Gasteiger partial charge on any atom is -0.347 e. The lowest BCUT2D eigenvalue weighted by Crippen LogP contribution is -2.39. The van der Waals surface area contributed by atoms with Crippen LogP contribution >= 0.6 is 0 Å². The monoisotopic (exact) mass is 290 g/mol. The van der Waals surface area contributed by atoms with Gasteiger partial charge in [-0.25, -0.2) is 9.97 Å². The number of anilines is 1. The molecule has 1 aromatic rings. The molecular formula is C16H26N4O. The van der Waals surface area contributed by atoms with E-state index in [1.54, 1.807) is 0 Å². The summed E-state index contributed by atoms with van der Waals surface area (Å²) in [6.45, 7) is 8.03. The summed E-state index contributed by atoms with van der Waals surface area (Å²) in [6.07, 6.45) is 2.28. The predicted octanol–water partition coefficient (Wildman–Crippen LogP) is 2.54. The van der Waals surface area contributed by atoms with E-state index in [1.807, 2.05) is 30.0 Å². The van der Waals surface area contributed by atoms with Crippen LogP contribution in [-0.4, -0.2) is 48.0 Å². The molecule has 1 atom stereocenters. The van der Waals surface area contributed by atoms with E-state index >= 15 is 0 Å². The molecule has 1 saturated heterocycles. The third-order valence-corrected chi connectivity index (χ3v) is 3.89. The molecule has 0 bridgehead atoms. The maximum Gasteiger partial charge on any atom is 0.272 e. The van der Waals surface area contributed by atoms with Gasteiger partial charge in [-0.15, -0.1) is 0 Å². The highest BCUT2D eigenvalue weighted by molar-refractivity contribution is 5.92. The first kappa shape index (κ1) is 15.7. The van der Waals surface area contributed by atoms with Gasteiger partial charge in [0.15, 0.2) is 0 Å². The van der Waals surface area contributed by atoms with E-state index < -0.39 is 0 Å². The van der Waals surface area contributed by atoms with E-state index in [1.165, 1.54) is 6.42 Å². The zero-order chi connectivity index (χ0) is 15.6. The van der Waals surface area contributed by atoms with Gasteiger partial charge < -0.3 is 9.80 Å². The van der Waals surface area contributed by atoms with Crippen molar-refractivity contribution in [1.29, 1.82) is 0 Å². The summed E-state index contributed by atoms with van der Waals surface area (Å²) in [5.74, 6) is 1.49. The Hall–Kier alpha value is -1.65. The highest BCUT2D eigenvalue weighted by Gasteiger charge is 2.24. The van der Waals surface area contributed by atoms with Crippen molar-refractivity contribution >= 4 is 11.9 Å². The van der Waals surface area contributed by atoms with E-state index in [0.29, 0.717) is 17.6 Å². The van der Waals surface area contributed by atoms with Crippen molar-refractivity contribution in [2.24, 2.45) is 5.92 Å². The Morgan fingerprint density at radius 2 is 2.10 bits per heavy atom. The molecule has 1 fully saturated rings. The summed E-state index contributed by atoms with van der Waals surface area (Å²) >= 11 is 0. The number of likely N-dealkylation sites (tertiary alicyclic amines) is 1. The van der Waals surface area contributed by atoms with Crippen molar-refractivity contribution in [2.75, 3.05) is 32.1 Å². The summed E-state index contributed by atoms with van der Waals surface area (Å²) in [7, 11) is 3.80. The third kappa shape index (κ3) is 3.71. The Morgan fingerprint density at radius 3 is 2.67 bits per heavy atom. The van der Waals surface area contributed by atoms with Crippen LogP contribution in [0.2, 0.25) is 0 Å². The van der Waals surface area contributed by atoms with E-state index in [0.717, 1.165) is 25.2 Å². The van der Waals surface area contributed by atoms with Crippen LogP contribution in [0.3, 0.4) is 0 Å². The molecule has 1 aliphatic heterocycles. The Balaban J connectivity index is 2.31. The Morgan fingerprint density at radius 1 is 1.38 bits per heavy atom. The van der Waals surface area contributed by atoms with Crippen molar-refractivity contribution < 1.29 is 4.79 Å². The molecule has 0 aliphatic carbocycles. The molecule has 1 aliphatic rings. The fourth-order valence-corrected chi connectivity index (χ4v) is 2.59. The number of rotatable bonds is 3. The first-order valence-corrected chi connectivity index (χ1v) is 7.74. The summed E-state index contributed by atoms with van der Waals surface area (Å²) in [4.78, 5) is 25.4. The van der Waals surface area contributed by atoms with Crippen LogP contribution in [0.25, 0.3) is 0 Å². The average molecular weight is 290 g/mol.